The number of aliphatic hydroxyl groups excluding tert-OH is 4. The maximum Gasteiger partial charge on any atom is 0.344 e. The molecule has 1 saturated heterocycles. The van der Waals surface area contributed by atoms with Crippen LogP contribution in [0.5, 0.6) is 11.5 Å². The van der Waals surface area contributed by atoms with Gasteiger partial charge in [0.15, 0.2) is 0 Å². The highest BCUT2D eigenvalue weighted by Crippen LogP contribution is 2.36. The molecule has 1 aromatic heterocycles. The fourth-order valence-corrected chi connectivity index (χ4v) is 3.99. The summed E-state index contributed by atoms with van der Waals surface area (Å²) in [6, 6.07) is 8.45. The summed E-state index contributed by atoms with van der Waals surface area (Å²) in [7, 11) is 1.52. The van der Waals surface area contributed by atoms with Gasteiger partial charge in [-0.2, -0.15) is 0 Å². The molecule has 0 amide bonds. The second-order valence-corrected chi connectivity index (χ2v) is 8.16. The van der Waals surface area contributed by atoms with Crippen LogP contribution < -0.4 is 15.1 Å². The first kappa shape index (κ1) is 22.5. The van der Waals surface area contributed by atoms with Crippen molar-refractivity contribution in [2.75, 3.05) is 13.7 Å². The molecule has 172 valence electrons. The fraction of sp³-hybridized carbons (Fsp3) is 0.435. The smallest absolute Gasteiger partial charge is 0.344 e. The third kappa shape index (κ3) is 3.82. The average molecular weight is 446 g/mol. The van der Waals surface area contributed by atoms with Crippen molar-refractivity contribution in [3.8, 4) is 11.5 Å². The molecule has 4 rings (SSSR count). The number of rotatable bonds is 5. The number of benzene rings is 2. The van der Waals surface area contributed by atoms with Gasteiger partial charge in [-0.1, -0.05) is 13.8 Å². The first-order valence-electron chi connectivity index (χ1n) is 10.3. The van der Waals surface area contributed by atoms with Crippen molar-refractivity contribution >= 4 is 21.7 Å². The molecule has 0 bridgehead atoms. The maximum atomic E-state index is 12.6. The Labute approximate surface area is 183 Å². The van der Waals surface area contributed by atoms with E-state index >= 15 is 0 Å². The zero-order chi connectivity index (χ0) is 23.2. The highest BCUT2D eigenvalue weighted by Gasteiger charge is 2.44. The quantitative estimate of drug-likeness (QED) is 0.337. The van der Waals surface area contributed by atoms with E-state index in [4.69, 9.17) is 18.6 Å². The van der Waals surface area contributed by atoms with Gasteiger partial charge >= 0.3 is 5.63 Å². The van der Waals surface area contributed by atoms with Crippen LogP contribution in [0, 0.1) is 0 Å². The largest absolute Gasteiger partial charge is 0.497 e. The van der Waals surface area contributed by atoms with Crippen molar-refractivity contribution in [1.82, 2.24) is 0 Å². The van der Waals surface area contributed by atoms with E-state index in [1.54, 1.807) is 24.3 Å². The van der Waals surface area contributed by atoms with Gasteiger partial charge in [0.2, 0.25) is 6.29 Å². The number of ether oxygens (including phenoxy) is 3. The molecule has 1 aliphatic heterocycles. The zero-order valence-electron chi connectivity index (χ0n) is 17.9. The lowest BCUT2D eigenvalue weighted by Crippen LogP contribution is -2.60. The molecule has 1 fully saturated rings. The number of hydrogen-bond acceptors (Lipinski definition) is 9. The van der Waals surface area contributed by atoms with E-state index in [0.717, 1.165) is 10.9 Å². The molecule has 32 heavy (non-hydrogen) atoms. The van der Waals surface area contributed by atoms with E-state index in [1.165, 1.54) is 13.2 Å². The Morgan fingerprint density at radius 3 is 2.41 bits per heavy atom. The highest BCUT2D eigenvalue weighted by molar-refractivity contribution is 6.07. The third-order valence-corrected chi connectivity index (χ3v) is 5.75. The van der Waals surface area contributed by atoms with Crippen LogP contribution in [-0.2, 0) is 4.74 Å². The van der Waals surface area contributed by atoms with Crippen molar-refractivity contribution < 1.29 is 39.1 Å². The van der Waals surface area contributed by atoms with Crippen LogP contribution in [0.1, 0.15) is 25.3 Å². The molecule has 2 aromatic carbocycles. The van der Waals surface area contributed by atoms with E-state index < -0.39 is 42.9 Å². The number of methoxy groups -OCH3 is 1. The molecule has 9 heteroatoms. The molecule has 5 atom stereocenters. The Balaban J connectivity index is 1.82. The number of hydrogen-bond donors (Lipinski definition) is 4. The molecule has 4 N–H and O–H groups in total. The standard InChI is InChI=1S/C23H26O9/c1-10(2)14-7-12(30-23-21(27)20(26)19(25)17(9-24)32-23)8-16-18(14)13-5-4-11(29-3)6-15(13)22(28)31-16/h4-8,10,17,19-21,23-27H,9H2,1-3H3/t17-,19-,20+,21-,23-/m1/s1. The first-order chi connectivity index (χ1) is 15.2. The van der Waals surface area contributed by atoms with E-state index in [1.807, 2.05) is 13.8 Å². The summed E-state index contributed by atoms with van der Waals surface area (Å²) in [6.45, 7) is 3.39. The molecule has 9 nitrogen and oxygen atoms in total. The Morgan fingerprint density at radius 2 is 1.75 bits per heavy atom. The predicted octanol–water partition coefficient (Wildman–Crippen LogP) is 1.26. The Bertz CT molecular complexity index is 1180. The van der Waals surface area contributed by atoms with E-state index in [-0.39, 0.29) is 11.7 Å². The molecular formula is C23H26O9. The summed E-state index contributed by atoms with van der Waals surface area (Å²) >= 11 is 0. The van der Waals surface area contributed by atoms with Gasteiger partial charge in [-0.15, -0.1) is 0 Å². The zero-order valence-corrected chi connectivity index (χ0v) is 17.9. The second kappa shape index (κ2) is 8.68. The maximum absolute atomic E-state index is 12.6. The molecule has 1 aliphatic rings. The van der Waals surface area contributed by atoms with Crippen molar-refractivity contribution in [1.29, 1.82) is 0 Å². The Morgan fingerprint density at radius 1 is 1.00 bits per heavy atom. The van der Waals surface area contributed by atoms with Crippen LogP contribution in [0.25, 0.3) is 21.7 Å². The van der Waals surface area contributed by atoms with E-state index in [9.17, 15) is 25.2 Å². The SMILES string of the molecule is COc1ccc2c(c1)c(=O)oc1cc(O[C@@H]3O[C@H](CO)[C@@H](O)[C@H](O)[C@H]3O)cc(C(C)C)c12. The Hall–Kier alpha value is -2.69. The molecule has 0 spiro atoms. The van der Waals surface area contributed by atoms with Crippen LogP contribution in [0.4, 0.5) is 0 Å². The minimum absolute atomic E-state index is 0.0221. The van der Waals surface area contributed by atoms with E-state index in [0.29, 0.717) is 22.1 Å². The van der Waals surface area contributed by atoms with Crippen LogP contribution in [0.15, 0.2) is 39.5 Å². The highest BCUT2D eigenvalue weighted by atomic mass is 16.7. The van der Waals surface area contributed by atoms with Gasteiger partial charge in [-0.3, -0.25) is 0 Å². The lowest BCUT2D eigenvalue weighted by molar-refractivity contribution is -0.277. The van der Waals surface area contributed by atoms with Gasteiger partial charge in [-0.05, 0) is 35.7 Å². The molecule has 0 saturated carbocycles. The first-order valence-corrected chi connectivity index (χ1v) is 10.3. The molecule has 0 radical (unpaired) electrons. The monoisotopic (exact) mass is 446 g/mol. The van der Waals surface area contributed by atoms with E-state index in [2.05, 4.69) is 0 Å². The van der Waals surface area contributed by atoms with Gasteiger partial charge in [0, 0.05) is 16.8 Å². The van der Waals surface area contributed by atoms with Crippen molar-refractivity contribution in [3.63, 3.8) is 0 Å². The summed E-state index contributed by atoms with van der Waals surface area (Å²) in [5.74, 6) is 0.799. The van der Waals surface area contributed by atoms with Gasteiger partial charge in [-0.25, -0.2) is 4.79 Å². The lowest BCUT2D eigenvalue weighted by Gasteiger charge is -2.39. The molecule has 2 heterocycles. The van der Waals surface area contributed by atoms with Gasteiger partial charge in [0.05, 0.1) is 19.1 Å². The average Bonchev–Trinajstić information content (AvgIpc) is 2.78. The van der Waals surface area contributed by atoms with Gasteiger partial charge < -0.3 is 39.1 Å². The normalized spacial score (nSPS) is 26.1. The molecular weight excluding hydrogens is 420 g/mol. The van der Waals surface area contributed by atoms with Crippen LogP contribution in [0.3, 0.4) is 0 Å². The minimum atomic E-state index is -1.56. The predicted molar refractivity (Wildman–Crippen MR) is 115 cm³/mol. The van der Waals surface area contributed by atoms with Crippen molar-refractivity contribution in [3.05, 3.63) is 46.3 Å². The summed E-state index contributed by atoms with van der Waals surface area (Å²) in [6.07, 6.45) is -7.05. The topological polar surface area (TPSA) is 139 Å². The Kier molecular flexibility index (Phi) is 6.11. The number of aliphatic hydroxyl groups is 4. The molecule has 0 aliphatic carbocycles. The van der Waals surface area contributed by atoms with Crippen molar-refractivity contribution in [2.45, 2.75) is 50.5 Å². The number of fused-ring (bicyclic) bond motifs is 3. The summed E-state index contributed by atoms with van der Waals surface area (Å²) in [5.41, 5.74) is 0.588. The minimum Gasteiger partial charge on any atom is -0.497 e. The van der Waals surface area contributed by atoms with Crippen LogP contribution >= 0.6 is 0 Å². The van der Waals surface area contributed by atoms with Gasteiger partial charge in [0.25, 0.3) is 0 Å². The summed E-state index contributed by atoms with van der Waals surface area (Å²) < 4.78 is 22.0. The summed E-state index contributed by atoms with van der Waals surface area (Å²) in [5, 5.41) is 41.5. The summed E-state index contributed by atoms with van der Waals surface area (Å²) in [4.78, 5) is 12.6. The second-order valence-electron chi connectivity index (χ2n) is 8.16. The third-order valence-electron chi connectivity index (χ3n) is 5.75. The fourth-order valence-electron chi connectivity index (χ4n) is 3.99. The van der Waals surface area contributed by atoms with Crippen LogP contribution in [-0.4, -0.2) is 64.8 Å². The van der Waals surface area contributed by atoms with Crippen LogP contribution in [0.2, 0.25) is 0 Å². The van der Waals surface area contributed by atoms with Crippen molar-refractivity contribution in [2.24, 2.45) is 0 Å². The molecule has 0 unspecified atom stereocenters. The lowest BCUT2D eigenvalue weighted by atomic mass is 9.94. The molecule has 3 aromatic rings. The van der Waals surface area contributed by atoms with Gasteiger partial charge in [0.1, 0.15) is 41.5 Å².